The Kier molecular flexibility index (Phi) is 9.22. The van der Waals surface area contributed by atoms with Crippen LogP contribution in [0, 0.1) is 0 Å². The number of nitrogens with one attached hydrogen (secondary N) is 2. The highest BCUT2D eigenvalue weighted by Gasteiger charge is 2.29. The number of nitrogens with zero attached hydrogens (tertiary/aromatic N) is 4. The lowest BCUT2D eigenvalue weighted by molar-refractivity contribution is 0.0206. The number of carbonyl (C=O) groups is 2. The molecule has 1 unspecified atom stereocenters. The van der Waals surface area contributed by atoms with Crippen LogP contribution >= 0.6 is 0 Å². The minimum Gasteiger partial charge on any atom is -0.497 e. The van der Waals surface area contributed by atoms with Crippen molar-refractivity contribution in [3.05, 3.63) is 71.9 Å². The fraction of sp³-hybridized carbons (Fsp3) is 0.394. The maximum atomic E-state index is 12.8. The number of fused-ring (bicyclic) bond motifs is 1. The average molecular weight is 601 g/mol. The molecule has 1 fully saturated rings. The molecule has 2 aromatic heterocycles. The van der Waals surface area contributed by atoms with Gasteiger partial charge in [-0.3, -0.25) is 0 Å². The van der Waals surface area contributed by atoms with Gasteiger partial charge in [0.05, 0.1) is 36.9 Å². The molecular formula is C33H40N6O5. The third-order valence-corrected chi connectivity index (χ3v) is 7.19. The Morgan fingerprint density at radius 1 is 1.09 bits per heavy atom. The third-order valence-electron chi connectivity index (χ3n) is 7.19. The smallest absolute Gasteiger partial charge is 0.410 e. The largest absolute Gasteiger partial charge is 0.497 e. The number of hydrogen-bond donors (Lipinski definition) is 2. The number of piperidine rings is 1. The first-order chi connectivity index (χ1) is 21.1. The molecule has 44 heavy (non-hydrogen) atoms. The summed E-state index contributed by atoms with van der Waals surface area (Å²) in [5.74, 6) is 1.06. The predicted molar refractivity (Wildman–Crippen MR) is 170 cm³/mol. The lowest BCUT2D eigenvalue weighted by Crippen LogP contribution is -2.47. The van der Waals surface area contributed by atoms with Crippen molar-refractivity contribution in [3.8, 4) is 5.75 Å². The normalized spacial score (nSPS) is 15.1. The van der Waals surface area contributed by atoms with Crippen LogP contribution in [0.4, 0.5) is 22.0 Å². The molecular weight excluding hydrogens is 560 g/mol. The Bertz CT molecular complexity index is 1610. The van der Waals surface area contributed by atoms with Gasteiger partial charge in [0, 0.05) is 31.0 Å². The second-order valence-electron chi connectivity index (χ2n) is 11.7. The molecule has 1 amide bonds. The number of ether oxygens (including phenoxy) is 3. The summed E-state index contributed by atoms with van der Waals surface area (Å²) < 4.78 is 18.0. The maximum absolute atomic E-state index is 12.8. The number of methoxy groups -OCH3 is 1. The summed E-state index contributed by atoms with van der Waals surface area (Å²) >= 11 is 0. The predicted octanol–water partition coefficient (Wildman–Crippen LogP) is 6.22. The number of amides is 1. The van der Waals surface area contributed by atoms with Crippen LogP contribution in [0.15, 0.2) is 60.8 Å². The summed E-state index contributed by atoms with van der Waals surface area (Å²) in [5, 5.41) is 12.9. The molecule has 1 aliphatic heterocycles. The van der Waals surface area contributed by atoms with Crippen LogP contribution in [0.3, 0.4) is 0 Å². The van der Waals surface area contributed by atoms with Gasteiger partial charge in [0.15, 0.2) is 11.5 Å². The van der Waals surface area contributed by atoms with Crippen LogP contribution in [-0.4, -0.2) is 70.2 Å². The molecule has 0 saturated carbocycles. The van der Waals surface area contributed by atoms with Crippen LogP contribution in [-0.2, 0) is 16.0 Å². The van der Waals surface area contributed by atoms with Gasteiger partial charge in [-0.05, 0) is 82.5 Å². The van der Waals surface area contributed by atoms with Crippen molar-refractivity contribution in [1.29, 1.82) is 0 Å². The summed E-state index contributed by atoms with van der Waals surface area (Å²) in [6.45, 7) is 9.33. The van der Waals surface area contributed by atoms with E-state index in [1.54, 1.807) is 37.3 Å². The summed E-state index contributed by atoms with van der Waals surface area (Å²) in [4.78, 5) is 31.7. The summed E-state index contributed by atoms with van der Waals surface area (Å²) in [6.07, 6.45) is 3.13. The number of carbonyl (C=O) groups excluding carboxylic acids is 2. The number of hydrogen-bond acceptors (Lipinski definition) is 9. The fourth-order valence-electron chi connectivity index (χ4n) is 5.19. The van der Waals surface area contributed by atoms with Gasteiger partial charge >= 0.3 is 12.1 Å². The van der Waals surface area contributed by atoms with E-state index in [4.69, 9.17) is 24.3 Å². The van der Waals surface area contributed by atoms with Gasteiger partial charge in [-0.2, -0.15) is 5.10 Å². The molecule has 232 valence electrons. The highest BCUT2D eigenvalue weighted by molar-refractivity contribution is 6.00. The zero-order chi connectivity index (χ0) is 31.3. The maximum Gasteiger partial charge on any atom is 0.410 e. The molecule has 0 spiro atoms. The molecule has 2 aromatic carbocycles. The highest BCUT2D eigenvalue weighted by Crippen LogP contribution is 2.33. The van der Waals surface area contributed by atoms with Crippen molar-refractivity contribution in [2.75, 3.05) is 37.4 Å². The lowest BCUT2D eigenvalue weighted by Gasteiger charge is -2.34. The van der Waals surface area contributed by atoms with Gasteiger partial charge in [-0.25, -0.2) is 19.3 Å². The quantitative estimate of drug-likeness (QED) is 0.216. The second kappa shape index (κ2) is 13.2. The summed E-state index contributed by atoms with van der Waals surface area (Å²) in [5.41, 5.74) is 3.13. The number of esters is 1. The van der Waals surface area contributed by atoms with Gasteiger partial charge in [-0.15, -0.1) is 0 Å². The summed E-state index contributed by atoms with van der Waals surface area (Å²) in [7, 11) is 1.64. The van der Waals surface area contributed by atoms with E-state index in [9.17, 15) is 9.59 Å². The molecule has 1 saturated heterocycles. The van der Waals surface area contributed by atoms with Crippen LogP contribution < -0.4 is 15.4 Å². The first-order valence-corrected chi connectivity index (χ1v) is 14.9. The fourth-order valence-corrected chi connectivity index (χ4v) is 5.19. The van der Waals surface area contributed by atoms with Crippen LogP contribution in [0.5, 0.6) is 5.75 Å². The number of likely N-dealkylation sites (tertiary alicyclic amines) is 1. The zero-order valence-corrected chi connectivity index (χ0v) is 25.9. The van der Waals surface area contributed by atoms with Crippen molar-refractivity contribution in [1.82, 2.24) is 19.7 Å². The SMILES string of the molecule is CCOC(=O)c1cccc(Nc2ccnc3c2c(NC2CCCN(C(=O)OC(C)(C)C)C2)nn3Cc2ccc(OC)cc2)c1. The molecule has 5 rings (SSSR count). The first kappa shape index (κ1) is 30.7. The van der Waals surface area contributed by atoms with Gasteiger partial charge in [0.1, 0.15) is 11.4 Å². The standard InChI is InChI=1S/C33H40N6O5/c1-6-43-31(40)23-9-7-10-24(19-23)35-27-16-17-34-30-28(27)29(37-39(30)20-22-12-14-26(42-5)15-13-22)36-25-11-8-18-38(21-25)32(41)44-33(2,3)4/h7,9-10,12-17,19,25H,6,8,11,18,20-21H2,1-5H3,(H,34,35)(H,36,37). The molecule has 3 heterocycles. The van der Waals surface area contributed by atoms with Gasteiger partial charge < -0.3 is 29.7 Å². The third kappa shape index (κ3) is 7.39. The van der Waals surface area contributed by atoms with Crippen molar-refractivity contribution in [2.24, 2.45) is 0 Å². The van der Waals surface area contributed by atoms with Crippen molar-refractivity contribution >= 4 is 40.3 Å². The molecule has 1 atom stereocenters. The Morgan fingerprint density at radius 2 is 1.89 bits per heavy atom. The van der Waals surface area contributed by atoms with Gasteiger partial charge in [0.2, 0.25) is 0 Å². The minimum atomic E-state index is -0.565. The van der Waals surface area contributed by atoms with E-state index in [-0.39, 0.29) is 18.1 Å². The second-order valence-corrected chi connectivity index (χ2v) is 11.7. The highest BCUT2D eigenvalue weighted by atomic mass is 16.6. The number of pyridine rings is 1. The monoisotopic (exact) mass is 600 g/mol. The number of benzene rings is 2. The van der Waals surface area contributed by atoms with Crippen molar-refractivity contribution in [2.45, 2.75) is 58.7 Å². The van der Waals surface area contributed by atoms with E-state index >= 15 is 0 Å². The molecule has 1 aliphatic rings. The first-order valence-electron chi connectivity index (χ1n) is 14.9. The average Bonchev–Trinajstić information content (AvgIpc) is 3.34. The van der Waals surface area contributed by atoms with Crippen molar-refractivity contribution < 1.29 is 23.8 Å². The van der Waals surface area contributed by atoms with Crippen LogP contribution in [0.1, 0.15) is 56.5 Å². The molecule has 0 aliphatic carbocycles. The van der Waals surface area contributed by atoms with Gasteiger partial charge in [0.25, 0.3) is 0 Å². The Balaban J connectivity index is 1.48. The van der Waals surface area contributed by atoms with E-state index in [0.29, 0.717) is 43.3 Å². The van der Waals surface area contributed by atoms with Gasteiger partial charge in [-0.1, -0.05) is 18.2 Å². The molecule has 4 aromatic rings. The van der Waals surface area contributed by atoms with Crippen molar-refractivity contribution in [3.63, 3.8) is 0 Å². The van der Waals surface area contributed by atoms with E-state index in [1.807, 2.05) is 67.9 Å². The molecule has 11 heteroatoms. The van der Waals surface area contributed by atoms with E-state index in [0.717, 1.165) is 40.9 Å². The Hall–Kier alpha value is -4.80. The lowest BCUT2D eigenvalue weighted by atomic mass is 10.1. The molecule has 2 N–H and O–H groups in total. The Morgan fingerprint density at radius 3 is 2.61 bits per heavy atom. The molecule has 11 nitrogen and oxygen atoms in total. The van der Waals surface area contributed by atoms with Crippen LogP contribution in [0.25, 0.3) is 11.0 Å². The van der Waals surface area contributed by atoms with E-state index in [1.165, 1.54) is 0 Å². The summed E-state index contributed by atoms with van der Waals surface area (Å²) in [6, 6.07) is 16.9. The molecule has 0 bridgehead atoms. The Labute approximate surface area is 257 Å². The number of rotatable bonds is 9. The number of aromatic nitrogens is 3. The minimum absolute atomic E-state index is 0.0380. The van der Waals surface area contributed by atoms with E-state index < -0.39 is 5.60 Å². The molecule has 0 radical (unpaired) electrons. The topological polar surface area (TPSA) is 120 Å². The van der Waals surface area contributed by atoms with Crippen LogP contribution in [0.2, 0.25) is 0 Å². The number of anilines is 3. The zero-order valence-electron chi connectivity index (χ0n) is 25.9. The van der Waals surface area contributed by atoms with E-state index in [2.05, 4.69) is 10.6 Å².